The second-order valence-electron chi connectivity index (χ2n) is 2.63. The molecule has 0 heterocycles. The minimum atomic E-state index is -0.382. The molecular weight excluding hydrogens is 240 g/mol. The normalized spacial score (nSPS) is 10.7. The average Bonchev–Trinajstić information content (AvgIpc) is 2.15. The smallest absolute Gasteiger partial charge is 0.139 e. The first-order valence-electron chi connectivity index (χ1n) is 4.15. The van der Waals surface area contributed by atoms with Crippen LogP contribution in [0.15, 0.2) is 36.2 Å². The van der Waals surface area contributed by atoms with Gasteiger partial charge in [-0.05, 0) is 24.3 Å². The SMILES string of the molecule is Cl.NCC=C(F)COc1cccc(Cl)c1. The predicted molar refractivity (Wildman–Crippen MR) is 62.4 cm³/mol. The van der Waals surface area contributed by atoms with Crippen molar-refractivity contribution in [2.24, 2.45) is 5.73 Å². The first kappa shape index (κ1) is 14.2. The molecule has 0 saturated heterocycles. The summed E-state index contributed by atoms with van der Waals surface area (Å²) in [6, 6.07) is 6.79. The van der Waals surface area contributed by atoms with Crippen LogP contribution in [0.2, 0.25) is 5.02 Å². The lowest BCUT2D eigenvalue weighted by molar-refractivity contribution is 0.318. The van der Waals surface area contributed by atoms with Crippen molar-refractivity contribution in [1.82, 2.24) is 0 Å². The van der Waals surface area contributed by atoms with Gasteiger partial charge in [-0.1, -0.05) is 17.7 Å². The Bertz CT molecular complexity index is 331. The summed E-state index contributed by atoms with van der Waals surface area (Å²) in [7, 11) is 0. The summed E-state index contributed by atoms with van der Waals surface area (Å²) in [5.74, 6) is 0.158. The van der Waals surface area contributed by atoms with Crippen molar-refractivity contribution in [3.63, 3.8) is 0 Å². The van der Waals surface area contributed by atoms with Crippen LogP contribution >= 0.6 is 24.0 Å². The maximum Gasteiger partial charge on any atom is 0.139 e. The van der Waals surface area contributed by atoms with Gasteiger partial charge in [-0.3, -0.25) is 0 Å². The highest BCUT2D eigenvalue weighted by Crippen LogP contribution is 2.17. The van der Waals surface area contributed by atoms with Crippen molar-refractivity contribution in [2.45, 2.75) is 0 Å². The molecule has 0 aromatic heterocycles. The molecule has 0 radical (unpaired) electrons. The molecular formula is C10H12Cl2FNO. The maximum absolute atomic E-state index is 12.8. The van der Waals surface area contributed by atoms with Gasteiger partial charge in [-0.15, -0.1) is 12.4 Å². The van der Waals surface area contributed by atoms with E-state index in [-0.39, 0.29) is 31.4 Å². The Hall–Kier alpha value is -0.770. The highest BCUT2D eigenvalue weighted by atomic mass is 35.5. The van der Waals surface area contributed by atoms with Crippen LogP contribution in [-0.4, -0.2) is 13.2 Å². The Balaban J connectivity index is 0.00000196. The molecule has 0 aliphatic rings. The van der Waals surface area contributed by atoms with Crippen molar-refractivity contribution < 1.29 is 9.13 Å². The van der Waals surface area contributed by atoms with E-state index in [2.05, 4.69) is 0 Å². The zero-order chi connectivity index (χ0) is 10.4. The molecule has 0 unspecified atom stereocenters. The van der Waals surface area contributed by atoms with E-state index >= 15 is 0 Å². The topological polar surface area (TPSA) is 35.2 Å². The van der Waals surface area contributed by atoms with Crippen LogP contribution in [0.25, 0.3) is 0 Å². The van der Waals surface area contributed by atoms with E-state index < -0.39 is 0 Å². The highest BCUT2D eigenvalue weighted by Gasteiger charge is 1.97. The fourth-order valence-electron chi connectivity index (χ4n) is 0.896. The van der Waals surface area contributed by atoms with E-state index in [9.17, 15) is 4.39 Å². The number of halogens is 3. The molecule has 84 valence electrons. The zero-order valence-corrected chi connectivity index (χ0v) is 9.52. The van der Waals surface area contributed by atoms with Gasteiger partial charge in [0.15, 0.2) is 0 Å². The largest absolute Gasteiger partial charge is 0.486 e. The molecule has 0 aliphatic carbocycles. The lowest BCUT2D eigenvalue weighted by atomic mass is 10.3. The van der Waals surface area contributed by atoms with Gasteiger partial charge in [0.1, 0.15) is 18.2 Å². The molecule has 15 heavy (non-hydrogen) atoms. The number of hydrogen-bond donors (Lipinski definition) is 1. The molecule has 0 atom stereocenters. The molecule has 1 rings (SSSR count). The van der Waals surface area contributed by atoms with Crippen LogP contribution in [0.3, 0.4) is 0 Å². The van der Waals surface area contributed by atoms with Gasteiger partial charge in [-0.2, -0.15) is 0 Å². The van der Waals surface area contributed by atoms with Gasteiger partial charge in [0.25, 0.3) is 0 Å². The number of nitrogens with two attached hydrogens (primary N) is 1. The fraction of sp³-hybridized carbons (Fsp3) is 0.200. The van der Waals surface area contributed by atoms with Crippen LogP contribution in [0.5, 0.6) is 5.75 Å². The van der Waals surface area contributed by atoms with E-state index in [0.717, 1.165) is 0 Å². The van der Waals surface area contributed by atoms with Gasteiger partial charge in [0, 0.05) is 11.6 Å². The Morgan fingerprint density at radius 3 is 2.87 bits per heavy atom. The molecule has 0 spiro atoms. The van der Waals surface area contributed by atoms with E-state index in [1.165, 1.54) is 6.08 Å². The lowest BCUT2D eigenvalue weighted by Gasteiger charge is -2.04. The Morgan fingerprint density at radius 1 is 1.53 bits per heavy atom. The zero-order valence-electron chi connectivity index (χ0n) is 7.95. The second kappa shape index (κ2) is 7.51. The molecule has 1 aromatic carbocycles. The first-order chi connectivity index (χ1) is 6.72. The monoisotopic (exact) mass is 251 g/mol. The standard InChI is InChI=1S/C10H11ClFNO.ClH/c11-8-2-1-3-10(6-8)14-7-9(12)4-5-13;/h1-4,6H,5,7,13H2;1H. The van der Waals surface area contributed by atoms with E-state index in [1.54, 1.807) is 24.3 Å². The minimum Gasteiger partial charge on any atom is -0.486 e. The lowest BCUT2D eigenvalue weighted by Crippen LogP contribution is -2.01. The van der Waals surface area contributed by atoms with Crippen molar-refractivity contribution >= 4 is 24.0 Å². The summed E-state index contributed by atoms with van der Waals surface area (Å²) in [4.78, 5) is 0. The molecule has 2 N–H and O–H groups in total. The Morgan fingerprint density at radius 2 is 2.27 bits per heavy atom. The van der Waals surface area contributed by atoms with E-state index in [0.29, 0.717) is 10.8 Å². The Kier molecular flexibility index (Phi) is 7.13. The van der Waals surface area contributed by atoms with Crippen molar-refractivity contribution in [3.05, 3.63) is 41.2 Å². The van der Waals surface area contributed by atoms with E-state index in [1.807, 2.05) is 0 Å². The molecule has 1 aromatic rings. The number of benzene rings is 1. The summed E-state index contributed by atoms with van der Waals surface area (Å²) in [6.45, 7) is 0.0578. The average molecular weight is 252 g/mol. The third-order valence-corrected chi connectivity index (χ3v) is 1.75. The fourth-order valence-corrected chi connectivity index (χ4v) is 1.08. The van der Waals surface area contributed by atoms with Crippen molar-refractivity contribution in [2.75, 3.05) is 13.2 Å². The molecule has 2 nitrogen and oxygen atoms in total. The highest BCUT2D eigenvalue weighted by molar-refractivity contribution is 6.30. The number of rotatable bonds is 4. The molecule has 5 heteroatoms. The third-order valence-electron chi connectivity index (χ3n) is 1.51. The van der Waals surface area contributed by atoms with Crippen LogP contribution in [0.1, 0.15) is 0 Å². The molecule has 0 amide bonds. The van der Waals surface area contributed by atoms with Gasteiger partial charge in [0.05, 0.1) is 0 Å². The number of ether oxygens (including phenoxy) is 1. The quantitative estimate of drug-likeness (QED) is 0.894. The van der Waals surface area contributed by atoms with Gasteiger partial charge >= 0.3 is 0 Å². The number of hydrogen-bond acceptors (Lipinski definition) is 2. The van der Waals surface area contributed by atoms with Crippen LogP contribution < -0.4 is 10.5 Å². The van der Waals surface area contributed by atoms with Crippen molar-refractivity contribution in [3.8, 4) is 5.75 Å². The third kappa shape index (κ3) is 5.62. The minimum absolute atomic E-state index is 0. The van der Waals surface area contributed by atoms with Crippen molar-refractivity contribution in [1.29, 1.82) is 0 Å². The molecule has 0 saturated carbocycles. The van der Waals surface area contributed by atoms with Gasteiger partial charge in [0.2, 0.25) is 0 Å². The van der Waals surface area contributed by atoms with E-state index in [4.69, 9.17) is 22.1 Å². The molecule has 0 bridgehead atoms. The van der Waals surface area contributed by atoms with Gasteiger partial charge < -0.3 is 10.5 Å². The Labute approximate surface area is 99.3 Å². The maximum atomic E-state index is 12.8. The summed E-state index contributed by atoms with van der Waals surface area (Å²) in [5, 5.41) is 0.561. The van der Waals surface area contributed by atoms with Crippen LogP contribution in [-0.2, 0) is 0 Å². The second-order valence-corrected chi connectivity index (χ2v) is 3.07. The summed E-state index contributed by atoms with van der Waals surface area (Å²) < 4.78 is 17.9. The summed E-state index contributed by atoms with van der Waals surface area (Å²) >= 11 is 5.71. The molecule has 0 fully saturated rings. The first-order valence-corrected chi connectivity index (χ1v) is 4.53. The predicted octanol–water partition coefficient (Wildman–Crippen LogP) is 2.95. The molecule has 0 aliphatic heterocycles. The van der Waals surface area contributed by atoms with Gasteiger partial charge in [-0.25, -0.2) is 4.39 Å². The summed E-state index contributed by atoms with van der Waals surface area (Å²) in [6.07, 6.45) is 1.27. The summed E-state index contributed by atoms with van der Waals surface area (Å²) in [5.41, 5.74) is 5.13. The van der Waals surface area contributed by atoms with Crippen LogP contribution in [0.4, 0.5) is 4.39 Å². The van der Waals surface area contributed by atoms with Crippen LogP contribution in [0, 0.1) is 0 Å².